The number of anilines is 1. The molecular formula is C20H26N2O. The van der Waals surface area contributed by atoms with Crippen LogP contribution in [0.25, 0.3) is 0 Å². The predicted molar refractivity (Wildman–Crippen MR) is 96.7 cm³/mol. The summed E-state index contributed by atoms with van der Waals surface area (Å²) in [6, 6.07) is 16.0. The van der Waals surface area contributed by atoms with E-state index in [1.807, 2.05) is 63.2 Å². The molecule has 3 nitrogen and oxygen atoms in total. The van der Waals surface area contributed by atoms with Crippen molar-refractivity contribution in [3.8, 4) is 0 Å². The fourth-order valence-electron chi connectivity index (χ4n) is 2.71. The molecule has 0 aliphatic heterocycles. The molecule has 2 rings (SSSR count). The molecule has 0 saturated heterocycles. The average molecular weight is 310 g/mol. The Labute approximate surface area is 139 Å². The minimum Gasteiger partial charge on any atom is -0.325 e. The van der Waals surface area contributed by atoms with Gasteiger partial charge in [-0.25, -0.2) is 0 Å². The van der Waals surface area contributed by atoms with Crippen molar-refractivity contribution in [1.82, 2.24) is 5.32 Å². The molecule has 0 aromatic heterocycles. The number of benzene rings is 2. The lowest BCUT2D eigenvalue weighted by molar-refractivity contribution is -0.120. The summed E-state index contributed by atoms with van der Waals surface area (Å²) in [5.41, 5.74) is 3.61. The molecule has 0 bridgehead atoms. The molecule has 0 atom stereocenters. The van der Waals surface area contributed by atoms with E-state index >= 15 is 0 Å². The quantitative estimate of drug-likeness (QED) is 0.846. The van der Waals surface area contributed by atoms with E-state index in [1.54, 1.807) is 0 Å². The maximum Gasteiger partial charge on any atom is 0.234 e. The Bertz CT molecular complexity index is 677. The van der Waals surface area contributed by atoms with Crippen LogP contribution in [0.1, 0.15) is 37.5 Å². The lowest BCUT2D eigenvalue weighted by Crippen LogP contribution is -2.35. The van der Waals surface area contributed by atoms with Gasteiger partial charge in [0.1, 0.15) is 0 Å². The van der Waals surface area contributed by atoms with Crippen LogP contribution in [0.4, 0.5) is 5.69 Å². The maximum atomic E-state index is 12.8. The number of carbonyl (C=O) groups is 1. The summed E-state index contributed by atoms with van der Waals surface area (Å²) >= 11 is 0. The van der Waals surface area contributed by atoms with Crippen LogP contribution in [0.3, 0.4) is 0 Å². The van der Waals surface area contributed by atoms with E-state index in [0.717, 1.165) is 29.9 Å². The lowest BCUT2D eigenvalue weighted by atomic mass is 9.81. The lowest BCUT2D eigenvalue weighted by Gasteiger charge is -2.26. The first-order valence-corrected chi connectivity index (χ1v) is 8.12. The summed E-state index contributed by atoms with van der Waals surface area (Å²) < 4.78 is 0. The average Bonchev–Trinajstić information content (AvgIpc) is 2.53. The van der Waals surface area contributed by atoms with Crippen LogP contribution in [0, 0.1) is 6.92 Å². The van der Waals surface area contributed by atoms with E-state index < -0.39 is 5.41 Å². The molecule has 0 aliphatic rings. The fourth-order valence-corrected chi connectivity index (χ4v) is 2.71. The normalized spacial score (nSPS) is 11.3. The Hall–Kier alpha value is -2.13. The Morgan fingerprint density at radius 1 is 1.09 bits per heavy atom. The minimum atomic E-state index is -0.580. The number of aryl methyl sites for hydroxylation is 1. The zero-order valence-electron chi connectivity index (χ0n) is 14.4. The van der Waals surface area contributed by atoms with E-state index in [1.165, 1.54) is 5.56 Å². The van der Waals surface area contributed by atoms with E-state index in [0.29, 0.717) is 0 Å². The highest BCUT2D eigenvalue weighted by atomic mass is 16.2. The summed E-state index contributed by atoms with van der Waals surface area (Å²) in [5, 5.41) is 6.35. The molecule has 1 amide bonds. The van der Waals surface area contributed by atoms with Crippen molar-refractivity contribution in [3.63, 3.8) is 0 Å². The van der Waals surface area contributed by atoms with E-state index in [2.05, 4.69) is 23.6 Å². The van der Waals surface area contributed by atoms with Gasteiger partial charge in [-0.3, -0.25) is 4.79 Å². The molecule has 0 saturated carbocycles. The number of nitrogens with one attached hydrogen (secondary N) is 2. The first kappa shape index (κ1) is 17.2. The molecule has 0 unspecified atom stereocenters. The number of hydrogen-bond donors (Lipinski definition) is 2. The summed E-state index contributed by atoms with van der Waals surface area (Å²) in [6.07, 6.45) is 0. The van der Waals surface area contributed by atoms with E-state index in [9.17, 15) is 4.79 Å². The number of carbonyl (C=O) groups excluding carboxylic acids is 1. The van der Waals surface area contributed by atoms with Gasteiger partial charge >= 0.3 is 0 Å². The van der Waals surface area contributed by atoms with Crippen LogP contribution < -0.4 is 10.6 Å². The molecule has 0 fully saturated rings. The Balaban J connectivity index is 2.16. The van der Waals surface area contributed by atoms with Gasteiger partial charge in [0.05, 0.1) is 5.41 Å². The Morgan fingerprint density at radius 2 is 1.83 bits per heavy atom. The van der Waals surface area contributed by atoms with Crippen molar-refractivity contribution in [2.45, 2.75) is 39.7 Å². The van der Waals surface area contributed by atoms with Gasteiger partial charge in [0.15, 0.2) is 0 Å². The van der Waals surface area contributed by atoms with Crippen molar-refractivity contribution in [2.24, 2.45) is 0 Å². The van der Waals surface area contributed by atoms with Gasteiger partial charge in [-0.05, 0) is 56.1 Å². The molecular weight excluding hydrogens is 284 g/mol. The molecule has 2 aromatic carbocycles. The molecule has 2 aromatic rings. The van der Waals surface area contributed by atoms with Crippen molar-refractivity contribution in [1.29, 1.82) is 0 Å². The predicted octanol–water partition coefficient (Wildman–Crippen LogP) is 4.02. The van der Waals surface area contributed by atoms with Crippen molar-refractivity contribution in [3.05, 3.63) is 65.2 Å². The summed E-state index contributed by atoms with van der Waals surface area (Å²) in [6.45, 7) is 9.79. The zero-order valence-corrected chi connectivity index (χ0v) is 14.4. The summed E-state index contributed by atoms with van der Waals surface area (Å²) in [4.78, 5) is 12.8. The van der Waals surface area contributed by atoms with Crippen LogP contribution in [-0.4, -0.2) is 12.5 Å². The van der Waals surface area contributed by atoms with Crippen molar-refractivity contribution in [2.75, 3.05) is 11.9 Å². The third-order valence-electron chi connectivity index (χ3n) is 4.15. The first-order chi connectivity index (χ1) is 10.9. The second-order valence-electron chi connectivity index (χ2n) is 6.37. The van der Waals surface area contributed by atoms with Crippen LogP contribution in [0.2, 0.25) is 0 Å². The summed E-state index contributed by atoms with van der Waals surface area (Å²) in [7, 11) is 0. The zero-order chi connectivity index (χ0) is 16.9. The number of amides is 1. The monoisotopic (exact) mass is 310 g/mol. The molecule has 0 spiro atoms. The SMILES string of the molecule is CCNCc1cccc(NC(=O)C(C)(C)c2ccccc2C)c1. The minimum absolute atomic E-state index is 0.00685. The molecule has 122 valence electrons. The standard InChI is InChI=1S/C20H26N2O/c1-5-21-14-16-10-8-11-17(13-16)22-19(23)20(3,4)18-12-7-6-9-15(18)2/h6-13,21H,5,14H2,1-4H3,(H,22,23). The maximum absolute atomic E-state index is 12.8. The first-order valence-electron chi connectivity index (χ1n) is 8.12. The van der Waals surface area contributed by atoms with Gasteiger partial charge < -0.3 is 10.6 Å². The van der Waals surface area contributed by atoms with E-state index in [4.69, 9.17) is 0 Å². The molecule has 2 N–H and O–H groups in total. The Kier molecular flexibility index (Phi) is 5.56. The molecule has 0 heterocycles. The fraction of sp³-hybridized carbons (Fsp3) is 0.350. The highest BCUT2D eigenvalue weighted by molar-refractivity contribution is 5.98. The van der Waals surface area contributed by atoms with Gasteiger partial charge in [0.25, 0.3) is 0 Å². The molecule has 0 radical (unpaired) electrons. The van der Waals surface area contributed by atoms with Gasteiger partial charge in [-0.15, -0.1) is 0 Å². The van der Waals surface area contributed by atoms with Crippen LogP contribution in [0.15, 0.2) is 48.5 Å². The molecule has 0 aliphatic carbocycles. The third-order valence-corrected chi connectivity index (χ3v) is 4.15. The summed E-state index contributed by atoms with van der Waals surface area (Å²) in [5.74, 6) is 0.00685. The van der Waals surface area contributed by atoms with Crippen LogP contribution in [-0.2, 0) is 16.8 Å². The van der Waals surface area contributed by atoms with Crippen LogP contribution in [0.5, 0.6) is 0 Å². The Morgan fingerprint density at radius 3 is 2.52 bits per heavy atom. The van der Waals surface area contributed by atoms with E-state index in [-0.39, 0.29) is 5.91 Å². The van der Waals surface area contributed by atoms with Gasteiger partial charge in [-0.1, -0.05) is 43.3 Å². The highest BCUT2D eigenvalue weighted by Gasteiger charge is 2.31. The largest absolute Gasteiger partial charge is 0.325 e. The smallest absolute Gasteiger partial charge is 0.234 e. The van der Waals surface area contributed by atoms with Gasteiger partial charge in [0.2, 0.25) is 5.91 Å². The van der Waals surface area contributed by atoms with Crippen LogP contribution >= 0.6 is 0 Å². The van der Waals surface area contributed by atoms with Crippen molar-refractivity contribution >= 4 is 11.6 Å². The third kappa shape index (κ3) is 4.20. The molecule has 23 heavy (non-hydrogen) atoms. The van der Waals surface area contributed by atoms with Gasteiger partial charge in [-0.2, -0.15) is 0 Å². The number of hydrogen-bond acceptors (Lipinski definition) is 2. The number of rotatable bonds is 6. The second-order valence-corrected chi connectivity index (χ2v) is 6.37. The second kappa shape index (κ2) is 7.42. The van der Waals surface area contributed by atoms with Gasteiger partial charge in [0, 0.05) is 12.2 Å². The molecule has 3 heteroatoms. The highest BCUT2D eigenvalue weighted by Crippen LogP contribution is 2.28. The topological polar surface area (TPSA) is 41.1 Å². The van der Waals surface area contributed by atoms with Crippen molar-refractivity contribution < 1.29 is 4.79 Å².